The van der Waals surface area contributed by atoms with Gasteiger partial charge in [-0.2, -0.15) is 0 Å². The maximum Gasteiger partial charge on any atom is 0.252 e. The molecule has 0 aromatic carbocycles. The van der Waals surface area contributed by atoms with E-state index in [0.29, 0.717) is 23.3 Å². The molecule has 0 bridgehead atoms. The average Bonchev–Trinajstić information content (AvgIpc) is 3.30. The normalized spacial score (nSPS) is 21.5. The van der Waals surface area contributed by atoms with E-state index < -0.39 is 0 Å². The highest BCUT2D eigenvalue weighted by molar-refractivity contribution is 8.02. The number of nitrogens with zero attached hydrogens (tertiary/aromatic N) is 3. The summed E-state index contributed by atoms with van der Waals surface area (Å²) in [6, 6.07) is 0. The number of thioether (sulfide) groups is 1. The van der Waals surface area contributed by atoms with Crippen LogP contribution in [0.15, 0.2) is 45.9 Å². The van der Waals surface area contributed by atoms with Crippen molar-refractivity contribution in [1.82, 2.24) is 9.88 Å². The van der Waals surface area contributed by atoms with E-state index in [-0.39, 0.29) is 5.91 Å². The molecule has 4 nitrogen and oxygen atoms in total. The molecular weight excluding hydrogens is 326 g/mol. The van der Waals surface area contributed by atoms with Crippen molar-refractivity contribution in [3.8, 4) is 0 Å². The van der Waals surface area contributed by atoms with Crippen molar-refractivity contribution in [2.24, 2.45) is 4.99 Å². The Morgan fingerprint density at radius 3 is 3.00 bits per heavy atom. The van der Waals surface area contributed by atoms with E-state index in [1.54, 1.807) is 22.3 Å². The largest absolute Gasteiger partial charge is 0.287 e. The van der Waals surface area contributed by atoms with Crippen LogP contribution in [0.3, 0.4) is 0 Å². The first kappa shape index (κ1) is 16.2. The average molecular weight is 345 g/mol. The number of amides is 1. The zero-order chi connectivity index (χ0) is 16.4. The van der Waals surface area contributed by atoms with Crippen molar-refractivity contribution in [1.29, 1.82) is 0 Å². The summed E-state index contributed by atoms with van der Waals surface area (Å²) >= 11 is 3.17. The van der Waals surface area contributed by atoms with Crippen LogP contribution in [0.4, 0.5) is 0 Å². The number of aliphatic imine (C=N–C) groups is 1. The third-order valence-electron chi connectivity index (χ3n) is 3.89. The summed E-state index contributed by atoms with van der Waals surface area (Å²) in [5.74, 6) is 1.24. The van der Waals surface area contributed by atoms with Gasteiger partial charge in [-0.1, -0.05) is 12.7 Å². The highest BCUT2D eigenvalue weighted by atomic mass is 32.2. The van der Waals surface area contributed by atoms with Crippen molar-refractivity contribution in [3.63, 3.8) is 0 Å². The van der Waals surface area contributed by atoms with Gasteiger partial charge in [0.05, 0.1) is 22.8 Å². The molecule has 0 saturated heterocycles. The van der Waals surface area contributed by atoms with E-state index in [1.807, 2.05) is 30.8 Å². The van der Waals surface area contributed by atoms with Crippen LogP contribution in [-0.2, 0) is 11.3 Å². The summed E-state index contributed by atoms with van der Waals surface area (Å²) in [7, 11) is 0. The quantitative estimate of drug-likeness (QED) is 0.807. The predicted octanol–water partition coefficient (Wildman–Crippen LogP) is 4.10. The monoisotopic (exact) mass is 345 g/mol. The van der Waals surface area contributed by atoms with E-state index in [4.69, 9.17) is 0 Å². The SMILES string of the molecule is C=C(/N=C1\C(=C/C)C=CC(=O)N1Cc1ncsc1C1CC1)SC. The second kappa shape index (κ2) is 6.84. The molecule has 1 aromatic heterocycles. The van der Waals surface area contributed by atoms with E-state index in [1.165, 1.54) is 29.5 Å². The zero-order valence-electron chi connectivity index (χ0n) is 13.3. The first-order valence-corrected chi connectivity index (χ1v) is 9.64. The van der Waals surface area contributed by atoms with Crippen molar-refractivity contribution < 1.29 is 4.79 Å². The molecule has 1 saturated carbocycles. The number of hydrogen-bond donors (Lipinski definition) is 0. The number of aromatic nitrogens is 1. The summed E-state index contributed by atoms with van der Waals surface area (Å²) in [6.07, 6.45) is 9.76. The third kappa shape index (κ3) is 3.48. The minimum absolute atomic E-state index is 0.0574. The van der Waals surface area contributed by atoms with E-state index in [9.17, 15) is 4.79 Å². The van der Waals surface area contributed by atoms with Gasteiger partial charge in [-0.3, -0.25) is 9.69 Å². The van der Waals surface area contributed by atoms with Crippen LogP contribution in [0, 0.1) is 0 Å². The summed E-state index contributed by atoms with van der Waals surface area (Å²) in [5, 5.41) is 0.688. The molecule has 6 heteroatoms. The number of thiazole rings is 1. The summed E-state index contributed by atoms with van der Waals surface area (Å²) in [4.78, 5) is 24.5. The van der Waals surface area contributed by atoms with Gasteiger partial charge in [0.1, 0.15) is 5.84 Å². The molecule has 0 N–H and O–H groups in total. The predicted molar refractivity (Wildman–Crippen MR) is 97.6 cm³/mol. The van der Waals surface area contributed by atoms with Gasteiger partial charge in [0.25, 0.3) is 5.91 Å². The Kier molecular flexibility index (Phi) is 4.82. The fourth-order valence-corrected chi connectivity index (χ4v) is 3.63. The lowest BCUT2D eigenvalue weighted by atomic mass is 10.1. The molecule has 2 heterocycles. The van der Waals surface area contributed by atoms with Crippen molar-refractivity contribution >= 4 is 34.8 Å². The van der Waals surface area contributed by atoms with Crippen LogP contribution in [0.2, 0.25) is 0 Å². The van der Waals surface area contributed by atoms with E-state index in [2.05, 4.69) is 16.6 Å². The smallest absolute Gasteiger partial charge is 0.252 e. The van der Waals surface area contributed by atoms with Crippen molar-refractivity contribution in [2.75, 3.05) is 6.26 Å². The van der Waals surface area contributed by atoms with Crippen LogP contribution in [-0.4, -0.2) is 27.9 Å². The fourth-order valence-electron chi connectivity index (χ4n) is 2.48. The highest BCUT2D eigenvalue weighted by Gasteiger charge is 2.31. The fraction of sp³-hybridized carbons (Fsp3) is 0.353. The molecule has 1 aromatic rings. The van der Waals surface area contributed by atoms with Crippen LogP contribution < -0.4 is 0 Å². The Morgan fingerprint density at radius 1 is 1.57 bits per heavy atom. The van der Waals surface area contributed by atoms with E-state index in [0.717, 1.165) is 11.3 Å². The minimum Gasteiger partial charge on any atom is -0.287 e. The Bertz CT molecular complexity index is 726. The summed E-state index contributed by atoms with van der Waals surface area (Å²) in [5.41, 5.74) is 3.81. The number of carbonyl (C=O) groups is 1. The van der Waals surface area contributed by atoms with Gasteiger partial charge in [-0.25, -0.2) is 9.98 Å². The first-order valence-electron chi connectivity index (χ1n) is 7.54. The molecule has 3 rings (SSSR count). The second-order valence-corrected chi connectivity index (χ2v) is 7.24. The summed E-state index contributed by atoms with van der Waals surface area (Å²) < 4.78 is 0. The van der Waals surface area contributed by atoms with Crippen LogP contribution in [0.25, 0.3) is 0 Å². The maximum absolute atomic E-state index is 12.4. The Balaban J connectivity index is 1.94. The van der Waals surface area contributed by atoms with Gasteiger partial charge in [0, 0.05) is 16.5 Å². The molecule has 0 spiro atoms. The Morgan fingerprint density at radius 2 is 2.35 bits per heavy atom. The highest BCUT2D eigenvalue weighted by Crippen LogP contribution is 2.43. The minimum atomic E-state index is -0.0574. The van der Waals surface area contributed by atoms with Gasteiger partial charge in [0.2, 0.25) is 0 Å². The molecule has 1 aliphatic heterocycles. The van der Waals surface area contributed by atoms with Gasteiger partial charge < -0.3 is 0 Å². The van der Waals surface area contributed by atoms with Gasteiger partial charge in [0.15, 0.2) is 0 Å². The number of hydrogen-bond acceptors (Lipinski definition) is 5. The lowest BCUT2D eigenvalue weighted by Gasteiger charge is -2.26. The van der Waals surface area contributed by atoms with Gasteiger partial charge in [-0.05, 0) is 38.0 Å². The number of amidine groups is 1. The number of rotatable bonds is 5. The van der Waals surface area contributed by atoms with E-state index >= 15 is 0 Å². The Hall–Kier alpha value is -1.66. The lowest BCUT2D eigenvalue weighted by molar-refractivity contribution is -0.123. The molecule has 23 heavy (non-hydrogen) atoms. The molecule has 1 fully saturated rings. The molecule has 0 radical (unpaired) electrons. The molecule has 120 valence electrons. The molecular formula is C17H19N3OS2. The maximum atomic E-state index is 12.4. The molecule has 2 aliphatic rings. The standard InChI is InChI=1S/C17H19N3OS2/c1-4-12-7-8-15(21)20(17(12)19-11(2)22-3)9-14-16(13-5-6-13)23-10-18-14/h4,7-8,10,13H,2,5-6,9H2,1,3H3/b12-4-,19-17+. The number of carbonyl (C=O) groups excluding carboxylic acids is 1. The Labute approximate surface area is 144 Å². The molecule has 1 aliphatic carbocycles. The molecule has 1 amide bonds. The topological polar surface area (TPSA) is 45.6 Å². The zero-order valence-corrected chi connectivity index (χ0v) is 14.9. The molecule has 0 atom stereocenters. The van der Waals surface area contributed by atoms with Crippen LogP contribution in [0.1, 0.15) is 36.3 Å². The van der Waals surface area contributed by atoms with Gasteiger partial charge in [-0.15, -0.1) is 23.1 Å². The molecule has 0 unspecified atom stereocenters. The lowest BCUT2D eigenvalue weighted by Crippen LogP contribution is -2.39. The van der Waals surface area contributed by atoms with Crippen LogP contribution in [0.5, 0.6) is 0 Å². The van der Waals surface area contributed by atoms with Gasteiger partial charge >= 0.3 is 0 Å². The van der Waals surface area contributed by atoms with Crippen molar-refractivity contribution in [3.05, 3.63) is 51.5 Å². The second-order valence-electron chi connectivity index (χ2n) is 5.47. The van der Waals surface area contributed by atoms with Crippen molar-refractivity contribution in [2.45, 2.75) is 32.2 Å². The van der Waals surface area contributed by atoms with Crippen LogP contribution >= 0.6 is 23.1 Å². The first-order chi connectivity index (χ1) is 11.1. The third-order valence-corrected chi connectivity index (χ3v) is 5.49. The number of allylic oxidation sites excluding steroid dienone is 1. The summed E-state index contributed by atoms with van der Waals surface area (Å²) in [6.45, 7) is 6.34.